The molecule has 0 spiro atoms. The minimum atomic E-state index is -0.566. The van der Waals surface area contributed by atoms with E-state index in [9.17, 15) is 9.59 Å². The molecule has 3 aromatic rings. The van der Waals surface area contributed by atoms with Gasteiger partial charge in [0.2, 0.25) is 5.91 Å². The normalized spacial score (nSPS) is 14.8. The van der Waals surface area contributed by atoms with Gasteiger partial charge in [-0.2, -0.15) is 0 Å². The maximum Gasteiger partial charge on any atom is 0.287 e. The fraction of sp³-hybridized carbons (Fsp3) is 0.407. The summed E-state index contributed by atoms with van der Waals surface area (Å²) in [6.45, 7) is 4.34. The van der Waals surface area contributed by atoms with Gasteiger partial charge in [-0.1, -0.05) is 19.3 Å². The molecule has 184 valence electrons. The van der Waals surface area contributed by atoms with E-state index in [1.165, 1.54) is 6.42 Å². The molecule has 1 aliphatic carbocycles. The van der Waals surface area contributed by atoms with Gasteiger partial charge in [0.05, 0.1) is 6.20 Å². The number of pyridine rings is 2. The van der Waals surface area contributed by atoms with Crippen LogP contribution in [-0.2, 0) is 11.4 Å². The van der Waals surface area contributed by atoms with Crippen molar-refractivity contribution in [3.8, 4) is 17.2 Å². The number of aryl methyl sites for hydroxylation is 2. The van der Waals surface area contributed by atoms with E-state index in [1.807, 2.05) is 32.0 Å². The van der Waals surface area contributed by atoms with E-state index in [0.29, 0.717) is 23.8 Å². The summed E-state index contributed by atoms with van der Waals surface area (Å²) in [5.41, 5.74) is 3.54. The quantitative estimate of drug-likeness (QED) is 0.500. The Morgan fingerprint density at radius 3 is 2.49 bits per heavy atom. The van der Waals surface area contributed by atoms with Crippen LogP contribution in [0.2, 0.25) is 0 Å². The van der Waals surface area contributed by atoms with Gasteiger partial charge in [0.25, 0.3) is 5.91 Å². The average Bonchev–Trinajstić information content (AvgIpc) is 3.36. The largest absolute Gasteiger partial charge is 0.487 e. The standard InChI is InChI=1S/C27H32N4O4/c1-17-13-19(14-18(2)30-17)16-34-21-9-10-22(29-15-21)23-11-12-24(35-23)26(32)31-25(27(33)28-3)20-7-5-4-6-8-20/h9-15,20,25H,4-8,16H2,1-3H3,(H,28,33)(H,31,32)/t25-/m0/s1. The molecule has 1 aliphatic rings. The van der Waals surface area contributed by atoms with Crippen molar-refractivity contribution in [3.05, 3.63) is 65.3 Å². The average molecular weight is 477 g/mol. The Bertz CT molecular complexity index is 1150. The minimum Gasteiger partial charge on any atom is -0.487 e. The highest BCUT2D eigenvalue weighted by atomic mass is 16.5. The van der Waals surface area contributed by atoms with Gasteiger partial charge in [0.15, 0.2) is 11.5 Å². The first-order valence-electron chi connectivity index (χ1n) is 12.1. The lowest BCUT2D eigenvalue weighted by Crippen LogP contribution is -2.50. The Hall–Kier alpha value is -3.68. The lowest BCUT2D eigenvalue weighted by molar-refractivity contribution is -0.124. The summed E-state index contributed by atoms with van der Waals surface area (Å²) in [6.07, 6.45) is 6.81. The second-order valence-corrected chi connectivity index (χ2v) is 9.05. The molecule has 8 nitrogen and oxygen atoms in total. The molecule has 1 saturated carbocycles. The lowest BCUT2D eigenvalue weighted by Gasteiger charge is -2.29. The number of carbonyl (C=O) groups excluding carboxylic acids is 2. The Kier molecular flexibility index (Phi) is 7.80. The van der Waals surface area contributed by atoms with Crippen molar-refractivity contribution < 1.29 is 18.7 Å². The topological polar surface area (TPSA) is 106 Å². The van der Waals surface area contributed by atoms with Gasteiger partial charge in [0, 0.05) is 18.4 Å². The van der Waals surface area contributed by atoms with Crippen molar-refractivity contribution in [1.29, 1.82) is 0 Å². The summed E-state index contributed by atoms with van der Waals surface area (Å²) in [5, 5.41) is 5.55. The fourth-order valence-corrected chi connectivity index (χ4v) is 4.61. The summed E-state index contributed by atoms with van der Waals surface area (Å²) >= 11 is 0. The van der Waals surface area contributed by atoms with Crippen LogP contribution in [0.25, 0.3) is 11.5 Å². The van der Waals surface area contributed by atoms with Crippen LogP contribution in [0, 0.1) is 19.8 Å². The molecule has 3 aromatic heterocycles. The first-order valence-corrected chi connectivity index (χ1v) is 12.1. The second-order valence-electron chi connectivity index (χ2n) is 9.05. The predicted molar refractivity (Wildman–Crippen MR) is 132 cm³/mol. The molecule has 4 rings (SSSR count). The van der Waals surface area contributed by atoms with Crippen molar-refractivity contribution in [1.82, 2.24) is 20.6 Å². The summed E-state index contributed by atoms with van der Waals surface area (Å²) in [7, 11) is 1.59. The van der Waals surface area contributed by atoms with E-state index in [4.69, 9.17) is 9.15 Å². The van der Waals surface area contributed by atoms with E-state index >= 15 is 0 Å². The zero-order valence-corrected chi connectivity index (χ0v) is 20.5. The van der Waals surface area contributed by atoms with E-state index < -0.39 is 11.9 Å². The molecule has 0 aromatic carbocycles. The summed E-state index contributed by atoms with van der Waals surface area (Å²) in [6, 6.07) is 10.3. The Balaban J connectivity index is 1.39. The van der Waals surface area contributed by atoms with Crippen LogP contribution >= 0.6 is 0 Å². The first-order chi connectivity index (χ1) is 16.9. The lowest BCUT2D eigenvalue weighted by atomic mass is 9.83. The van der Waals surface area contributed by atoms with Crippen LogP contribution in [-0.4, -0.2) is 34.9 Å². The van der Waals surface area contributed by atoms with Crippen molar-refractivity contribution in [2.24, 2.45) is 5.92 Å². The van der Waals surface area contributed by atoms with Crippen LogP contribution in [0.3, 0.4) is 0 Å². The van der Waals surface area contributed by atoms with Crippen LogP contribution < -0.4 is 15.4 Å². The van der Waals surface area contributed by atoms with E-state index in [-0.39, 0.29) is 17.6 Å². The third-order valence-electron chi connectivity index (χ3n) is 6.30. The molecule has 0 aliphatic heterocycles. The van der Waals surface area contributed by atoms with Gasteiger partial charge < -0.3 is 19.8 Å². The summed E-state index contributed by atoms with van der Waals surface area (Å²) < 4.78 is 11.6. The van der Waals surface area contributed by atoms with Crippen LogP contribution in [0.5, 0.6) is 5.75 Å². The highest BCUT2D eigenvalue weighted by Gasteiger charge is 2.31. The number of amides is 2. The maximum atomic E-state index is 12.9. The van der Waals surface area contributed by atoms with Crippen molar-refractivity contribution in [2.75, 3.05) is 7.05 Å². The van der Waals surface area contributed by atoms with Crippen molar-refractivity contribution >= 4 is 11.8 Å². The van der Waals surface area contributed by atoms with E-state index in [2.05, 4.69) is 20.6 Å². The molecule has 0 unspecified atom stereocenters. The van der Waals surface area contributed by atoms with Gasteiger partial charge in [-0.3, -0.25) is 14.6 Å². The first kappa shape index (κ1) is 24.4. The van der Waals surface area contributed by atoms with E-state index in [0.717, 1.165) is 42.6 Å². The summed E-state index contributed by atoms with van der Waals surface area (Å²) in [4.78, 5) is 34.1. The van der Waals surface area contributed by atoms with Gasteiger partial charge in [0.1, 0.15) is 24.1 Å². The molecular weight excluding hydrogens is 444 g/mol. The minimum absolute atomic E-state index is 0.135. The zero-order valence-electron chi connectivity index (χ0n) is 20.5. The van der Waals surface area contributed by atoms with Crippen LogP contribution in [0.4, 0.5) is 0 Å². The Morgan fingerprint density at radius 2 is 1.83 bits per heavy atom. The highest BCUT2D eigenvalue weighted by molar-refractivity contribution is 5.96. The molecule has 35 heavy (non-hydrogen) atoms. The van der Waals surface area contributed by atoms with Gasteiger partial charge in [-0.15, -0.1) is 0 Å². The van der Waals surface area contributed by atoms with Crippen LogP contribution in [0.15, 0.2) is 47.0 Å². The Morgan fingerprint density at radius 1 is 1.09 bits per heavy atom. The molecule has 1 atom stereocenters. The molecule has 3 heterocycles. The van der Waals surface area contributed by atoms with Crippen molar-refractivity contribution in [3.63, 3.8) is 0 Å². The zero-order chi connectivity index (χ0) is 24.8. The monoisotopic (exact) mass is 476 g/mol. The molecule has 0 bridgehead atoms. The van der Waals surface area contributed by atoms with Crippen molar-refractivity contribution in [2.45, 2.75) is 58.6 Å². The highest BCUT2D eigenvalue weighted by Crippen LogP contribution is 2.27. The number of rotatable bonds is 8. The molecule has 2 N–H and O–H groups in total. The number of hydrogen-bond donors (Lipinski definition) is 2. The van der Waals surface area contributed by atoms with Crippen LogP contribution in [0.1, 0.15) is 59.6 Å². The maximum absolute atomic E-state index is 12.9. The number of ether oxygens (including phenoxy) is 1. The number of likely N-dealkylation sites (N-methyl/N-ethyl adjacent to an activating group) is 1. The molecule has 8 heteroatoms. The number of hydrogen-bond acceptors (Lipinski definition) is 6. The molecular formula is C27H32N4O4. The number of carbonyl (C=O) groups is 2. The second kappa shape index (κ2) is 11.2. The van der Waals surface area contributed by atoms with Gasteiger partial charge in [-0.25, -0.2) is 4.98 Å². The Labute approximate surface area is 205 Å². The fourth-order valence-electron chi connectivity index (χ4n) is 4.61. The van der Waals surface area contributed by atoms with Gasteiger partial charge >= 0.3 is 0 Å². The molecule has 0 radical (unpaired) electrons. The molecule has 0 saturated heterocycles. The molecule has 2 amide bonds. The SMILES string of the molecule is CNC(=O)[C@@H](NC(=O)c1ccc(-c2ccc(OCc3cc(C)nc(C)c3)cn2)o1)C1CCCCC1. The summed E-state index contributed by atoms with van der Waals surface area (Å²) in [5.74, 6) is 0.804. The number of furan rings is 1. The number of aromatic nitrogens is 2. The van der Waals surface area contributed by atoms with E-state index in [1.54, 1.807) is 31.4 Å². The molecule has 1 fully saturated rings. The smallest absolute Gasteiger partial charge is 0.287 e. The predicted octanol–water partition coefficient (Wildman–Crippen LogP) is 4.36. The number of nitrogens with zero attached hydrogens (tertiary/aromatic N) is 2. The third kappa shape index (κ3) is 6.26. The number of nitrogens with one attached hydrogen (secondary N) is 2. The van der Waals surface area contributed by atoms with Gasteiger partial charge in [-0.05, 0) is 74.6 Å². The third-order valence-corrected chi connectivity index (χ3v) is 6.30.